The molecule has 0 radical (unpaired) electrons. The Hall–Kier alpha value is -1.78. The Morgan fingerprint density at radius 1 is 0.923 bits per heavy atom. The lowest BCUT2D eigenvalue weighted by Crippen LogP contribution is -2.60. The van der Waals surface area contributed by atoms with Crippen molar-refractivity contribution in [1.29, 1.82) is 5.26 Å². The van der Waals surface area contributed by atoms with Crippen molar-refractivity contribution in [2.45, 2.75) is 65.5 Å². The lowest BCUT2D eigenvalue weighted by molar-refractivity contribution is 0.594. The van der Waals surface area contributed by atoms with Crippen molar-refractivity contribution < 1.29 is 0 Å². The van der Waals surface area contributed by atoms with Crippen molar-refractivity contribution in [3.05, 3.63) is 41.6 Å². The van der Waals surface area contributed by atoms with Crippen LogP contribution in [0.3, 0.4) is 0 Å². The molecule has 0 saturated heterocycles. The molecule has 0 fully saturated rings. The number of hydrogen-bond donors (Lipinski definition) is 1. The summed E-state index contributed by atoms with van der Waals surface area (Å²) < 4.78 is 2.69. The average Bonchev–Trinajstić information content (AvgIpc) is 2.84. The van der Waals surface area contributed by atoms with Crippen LogP contribution < -0.4 is 4.23 Å². The number of rotatable bonds is 4. The minimum absolute atomic E-state index is 0.0658. The van der Waals surface area contributed by atoms with Gasteiger partial charge in [-0.1, -0.05) is 90.4 Å². The minimum Gasteiger partial charge on any atom is -0.411 e. The van der Waals surface area contributed by atoms with E-state index in [2.05, 4.69) is 87.5 Å². The SMILES string of the molecule is CC(C)(C)c1c(N([Si](C)(C)C)[Si](C)(C)C)[nH]c(C#N)c1-c1ccccc1. The first-order valence-electron chi connectivity index (χ1n) is 9.31. The zero-order valence-electron chi connectivity index (χ0n) is 17.8. The minimum atomic E-state index is -1.64. The van der Waals surface area contributed by atoms with Crippen LogP contribution in [0.1, 0.15) is 32.0 Å². The van der Waals surface area contributed by atoms with Gasteiger partial charge < -0.3 is 9.22 Å². The number of nitrogens with zero attached hydrogens (tertiary/aromatic N) is 2. The van der Waals surface area contributed by atoms with Crippen LogP contribution in [0.5, 0.6) is 0 Å². The van der Waals surface area contributed by atoms with Gasteiger partial charge in [-0.15, -0.1) is 0 Å². The van der Waals surface area contributed by atoms with Gasteiger partial charge >= 0.3 is 0 Å². The first kappa shape index (κ1) is 20.5. The highest BCUT2D eigenvalue weighted by atomic mass is 28.4. The molecule has 0 aliphatic rings. The van der Waals surface area contributed by atoms with Crippen LogP contribution in [0, 0.1) is 11.3 Å². The van der Waals surface area contributed by atoms with E-state index in [9.17, 15) is 5.26 Å². The fraction of sp³-hybridized carbons (Fsp3) is 0.476. The predicted octanol–water partition coefficient (Wildman–Crippen LogP) is 6.33. The van der Waals surface area contributed by atoms with Crippen LogP contribution in [0.4, 0.5) is 5.82 Å². The summed E-state index contributed by atoms with van der Waals surface area (Å²) in [5.41, 5.74) is 4.06. The van der Waals surface area contributed by atoms with Crippen molar-refractivity contribution in [2.24, 2.45) is 0 Å². The predicted molar refractivity (Wildman–Crippen MR) is 119 cm³/mol. The fourth-order valence-electron chi connectivity index (χ4n) is 4.04. The first-order chi connectivity index (χ1) is 11.8. The molecular weight excluding hydrogens is 350 g/mol. The van der Waals surface area contributed by atoms with E-state index >= 15 is 0 Å². The average molecular weight is 384 g/mol. The maximum absolute atomic E-state index is 9.89. The molecule has 0 aliphatic heterocycles. The molecule has 1 aromatic heterocycles. The molecule has 1 heterocycles. The van der Waals surface area contributed by atoms with Crippen molar-refractivity contribution in [2.75, 3.05) is 4.23 Å². The van der Waals surface area contributed by atoms with Gasteiger partial charge in [0.05, 0.1) is 5.82 Å². The third-order valence-electron chi connectivity index (χ3n) is 4.47. The van der Waals surface area contributed by atoms with E-state index in [0.29, 0.717) is 5.69 Å². The van der Waals surface area contributed by atoms with Gasteiger partial charge in [-0.2, -0.15) is 5.26 Å². The quantitative estimate of drug-likeness (QED) is 0.627. The normalized spacial score (nSPS) is 12.8. The first-order valence-corrected chi connectivity index (χ1v) is 16.2. The molecule has 2 rings (SSSR count). The number of hydrogen-bond acceptors (Lipinski definition) is 2. The van der Waals surface area contributed by atoms with E-state index in [1.807, 2.05) is 18.2 Å². The molecule has 1 N–H and O–H groups in total. The molecule has 0 saturated carbocycles. The number of nitrogens with one attached hydrogen (secondary N) is 1. The lowest BCUT2D eigenvalue weighted by Gasteiger charge is -2.46. The molecule has 0 amide bonds. The molecule has 140 valence electrons. The van der Waals surface area contributed by atoms with Gasteiger partial charge in [0.1, 0.15) is 28.2 Å². The van der Waals surface area contributed by atoms with E-state index in [1.165, 1.54) is 11.4 Å². The van der Waals surface area contributed by atoms with E-state index in [0.717, 1.165) is 11.1 Å². The van der Waals surface area contributed by atoms with Gasteiger partial charge in [-0.05, 0) is 11.0 Å². The second kappa shape index (κ2) is 6.75. The lowest BCUT2D eigenvalue weighted by atomic mass is 9.83. The van der Waals surface area contributed by atoms with E-state index in [1.54, 1.807) is 0 Å². The second-order valence-corrected chi connectivity index (χ2v) is 20.0. The molecule has 3 nitrogen and oxygen atoms in total. The highest BCUT2D eigenvalue weighted by Crippen LogP contribution is 2.44. The van der Waals surface area contributed by atoms with Crippen LogP contribution >= 0.6 is 0 Å². The Balaban J connectivity index is 2.93. The van der Waals surface area contributed by atoms with Gasteiger partial charge in [-0.25, -0.2) is 0 Å². The summed E-state index contributed by atoms with van der Waals surface area (Å²) in [5.74, 6) is 1.17. The summed E-state index contributed by atoms with van der Waals surface area (Å²) in [7, 11) is -3.28. The van der Waals surface area contributed by atoms with Crippen LogP contribution in [-0.2, 0) is 5.41 Å². The Morgan fingerprint density at radius 2 is 1.42 bits per heavy atom. The third kappa shape index (κ3) is 3.97. The van der Waals surface area contributed by atoms with Crippen molar-refractivity contribution in [3.63, 3.8) is 0 Å². The summed E-state index contributed by atoms with van der Waals surface area (Å²) in [6.07, 6.45) is 0. The highest BCUT2D eigenvalue weighted by molar-refractivity contribution is 6.99. The molecule has 0 bridgehead atoms. The molecule has 0 atom stereocenters. The fourth-order valence-corrected chi connectivity index (χ4v) is 13.8. The van der Waals surface area contributed by atoms with Gasteiger partial charge in [0.15, 0.2) is 0 Å². The van der Waals surface area contributed by atoms with Crippen LogP contribution in [0.2, 0.25) is 39.3 Å². The molecule has 0 unspecified atom stereocenters. The Labute approximate surface area is 161 Å². The maximum Gasteiger partial charge on any atom is 0.139 e. The van der Waals surface area contributed by atoms with Crippen molar-refractivity contribution >= 4 is 22.3 Å². The molecular formula is C21H33N3Si2. The number of H-pyrrole nitrogens is 1. The molecule has 0 spiro atoms. The Bertz CT molecular complexity index is 796. The van der Waals surface area contributed by atoms with Crippen molar-refractivity contribution in [3.8, 4) is 17.2 Å². The summed E-state index contributed by atoms with van der Waals surface area (Å²) >= 11 is 0. The smallest absolute Gasteiger partial charge is 0.139 e. The largest absolute Gasteiger partial charge is 0.411 e. The van der Waals surface area contributed by atoms with Crippen molar-refractivity contribution in [1.82, 2.24) is 4.98 Å². The zero-order valence-corrected chi connectivity index (χ0v) is 19.8. The van der Waals surface area contributed by atoms with Gasteiger partial charge in [0, 0.05) is 11.1 Å². The van der Waals surface area contributed by atoms with Gasteiger partial charge in [0.25, 0.3) is 0 Å². The molecule has 0 aliphatic carbocycles. The van der Waals surface area contributed by atoms with Crippen LogP contribution in [0.25, 0.3) is 11.1 Å². The summed E-state index contributed by atoms with van der Waals surface area (Å²) in [6, 6.07) is 12.8. The van der Waals surface area contributed by atoms with E-state index in [4.69, 9.17) is 0 Å². The molecule has 26 heavy (non-hydrogen) atoms. The Kier molecular flexibility index (Phi) is 5.33. The van der Waals surface area contributed by atoms with Gasteiger partial charge in [-0.3, -0.25) is 0 Å². The molecule has 5 heteroatoms. The number of aromatic nitrogens is 1. The summed E-state index contributed by atoms with van der Waals surface area (Å²) in [6.45, 7) is 21.1. The molecule has 1 aromatic carbocycles. The standard InChI is InChI=1S/C21H33N3Si2/c1-21(2,3)19-18(16-13-11-10-12-14-16)17(15-22)23-20(19)24(25(4,5)6)26(7,8)9/h10-14,23H,1-9H3. The summed E-state index contributed by atoms with van der Waals surface area (Å²) in [5, 5.41) is 9.89. The second-order valence-electron chi connectivity index (χ2n) is 10.0. The number of aromatic amines is 1. The summed E-state index contributed by atoms with van der Waals surface area (Å²) in [4.78, 5) is 3.55. The highest BCUT2D eigenvalue weighted by Gasteiger charge is 2.40. The van der Waals surface area contributed by atoms with Gasteiger partial charge in [0.2, 0.25) is 0 Å². The Morgan fingerprint density at radius 3 is 1.81 bits per heavy atom. The number of benzene rings is 1. The number of anilines is 1. The number of nitriles is 1. The van der Waals surface area contributed by atoms with Crippen LogP contribution in [-0.4, -0.2) is 21.5 Å². The zero-order chi connectivity index (χ0) is 19.9. The monoisotopic (exact) mass is 383 g/mol. The van der Waals surface area contributed by atoms with Crippen LogP contribution in [0.15, 0.2) is 30.3 Å². The maximum atomic E-state index is 9.89. The van der Waals surface area contributed by atoms with E-state index < -0.39 is 16.5 Å². The molecule has 2 aromatic rings. The topological polar surface area (TPSA) is 42.8 Å². The third-order valence-corrected chi connectivity index (χ3v) is 11.6. The van der Waals surface area contributed by atoms with E-state index in [-0.39, 0.29) is 5.41 Å².